The number of rotatable bonds is 3. The second kappa shape index (κ2) is 14.6. The van der Waals surface area contributed by atoms with Crippen LogP contribution in [0.1, 0.15) is 0 Å². The van der Waals surface area contributed by atoms with E-state index in [1.807, 2.05) is 83.9 Å². The van der Waals surface area contributed by atoms with E-state index in [1.54, 1.807) is 33.5 Å². The summed E-state index contributed by atoms with van der Waals surface area (Å²) in [6, 6.07) is 36.1. The quantitative estimate of drug-likeness (QED) is 0.198. The normalized spacial score (nSPS) is 10.4. The third-order valence-electron chi connectivity index (χ3n) is 6.66. The zero-order valence-electron chi connectivity index (χ0n) is 24.5. The van der Waals surface area contributed by atoms with Crippen molar-refractivity contribution in [3.05, 3.63) is 146 Å². The van der Waals surface area contributed by atoms with Crippen LogP contribution in [0.3, 0.4) is 0 Å². The molecular weight excluding hydrogens is 765 g/mol. The van der Waals surface area contributed by atoms with Crippen LogP contribution in [-0.4, -0.2) is 29.6 Å². The number of nitrogens with zero attached hydrogens (tertiary/aromatic N) is 9. The van der Waals surface area contributed by atoms with Crippen molar-refractivity contribution in [1.29, 1.82) is 0 Å². The fraction of sp³-hybridized carbons (Fsp3) is 0.0588. The number of aryl methyl sites for hydroxylation is 2. The fourth-order valence-corrected chi connectivity index (χ4v) is 4.61. The SMILES string of the molecule is C[n+]1[c-]n(-c2[c-]ccc(F)c2)c2ccccc21.C[n+]1[c-]n(-c2[c-]ccc(F)c2)c2ccccc21.[Ir].c1ccc(-c2nnn[n-]2)nc1. The number of halogens is 2. The molecule has 46 heavy (non-hydrogen) atoms. The molecule has 231 valence electrons. The van der Waals surface area contributed by atoms with Gasteiger partial charge in [-0.25, -0.2) is 8.78 Å². The third-order valence-corrected chi connectivity index (χ3v) is 6.66. The molecule has 0 atom stereocenters. The number of aromatic nitrogens is 9. The maximum atomic E-state index is 13.2. The van der Waals surface area contributed by atoms with E-state index >= 15 is 0 Å². The summed E-state index contributed by atoms with van der Waals surface area (Å²) in [4.78, 5) is 4.02. The molecular formula is C34H24F2IrN9-3. The summed E-state index contributed by atoms with van der Waals surface area (Å²) in [5, 5.41) is 14.0. The largest absolute Gasteiger partial charge is 0.342 e. The van der Waals surface area contributed by atoms with Crippen LogP contribution in [0.25, 0.3) is 45.0 Å². The first-order valence-corrected chi connectivity index (χ1v) is 13.7. The molecule has 0 aliphatic heterocycles. The van der Waals surface area contributed by atoms with E-state index < -0.39 is 0 Å². The molecule has 0 saturated heterocycles. The van der Waals surface area contributed by atoms with E-state index in [-0.39, 0.29) is 31.7 Å². The van der Waals surface area contributed by atoms with Crippen molar-refractivity contribution in [3.8, 4) is 22.9 Å². The maximum Gasteiger partial charge on any atom is 0.242 e. The van der Waals surface area contributed by atoms with Crippen molar-refractivity contribution in [1.82, 2.24) is 34.7 Å². The average Bonchev–Trinajstić information content (AvgIpc) is 3.81. The molecule has 0 fully saturated rings. The molecule has 1 radical (unpaired) electrons. The van der Waals surface area contributed by atoms with Crippen molar-refractivity contribution >= 4 is 22.1 Å². The summed E-state index contributed by atoms with van der Waals surface area (Å²) < 4.78 is 33.8. The van der Waals surface area contributed by atoms with Crippen LogP contribution in [0.15, 0.2) is 109 Å². The number of imidazole rings is 2. The molecule has 9 nitrogen and oxygen atoms in total. The summed E-state index contributed by atoms with van der Waals surface area (Å²) >= 11 is 0. The number of para-hydroxylation sites is 4. The van der Waals surface area contributed by atoms with Gasteiger partial charge in [0.2, 0.25) is 12.7 Å². The van der Waals surface area contributed by atoms with Gasteiger partial charge in [0.1, 0.15) is 0 Å². The van der Waals surface area contributed by atoms with Gasteiger partial charge in [-0.05, 0) is 12.1 Å². The van der Waals surface area contributed by atoms with Gasteiger partial charge < -0.3 is 23.4 Å². The second-order valence-electron chi connectivity index (χ2n) is 9.67. The Kier molecular flexibility index (Phi) is 10.1. The molecule has 0 N–H and O–H groups in total. The fourth-order valence-electron chi connectivity index (χ4n) is 4.61. The number of hydrogen-bond acceptors (Lipinski definition) is 4. The molecule has 0 amide bonds. The summed E-state index contributed by atoms with van der Waals surface area (Å²) in [7, 11) is 3.83. The third kappa shape index (κ3) is 7.09. The minimum Gasteiger partial charge on any atom is -0.342 e. The zero-order chi connectivity index (χ0) is 31.2. The second-order valence-corrected chi connectivity index (χ2v) is 9.67. The summed E-state index contributed by atoms with van der Waals surface area (Å²) in [5.41, 5.74) is 6.06. The number of fused-ring (bicyclic) bond motifs is 2. The molecule has 0 aliphatic rings. The molecule has 12 heteroatoms. The van der Waals surface area contributed by atoms with E-state index in [9.17, 15) is 8.78 Å². The first-order chi connectivity index (χ1) is 22.0. The molecule has 0 aliphatic carbocycles. The molecule has 8 aromatic rings. The monoisotopic (exact) mass is 789 g/mol. The molecule has 4 aromatic heterocycles. The smallest absolute Gasteiger partial charge is 0.242 e. The van der Waals surface area contributed by atoms with E-state index in [0.29, 0.717) is 22.9 Å². The van der Waals surface area contributed by atoms with Gasteiger partial charge in [-0.2, -0.15) is 29.5 Å². The number of tetrazole rings is 1. The maximum absolute atomic E-state index is 13.2. The Morgan fingerprint density at radius 3 is 1.67 bits per heavy atom. The molecule has 8 rings (SSSR count). The van der Waals surface area contributed by atoms with E-state index in [2.05, 4.69) is 50.4 Å². The molecule has 0 bridgehead atoms. The molecule has 0 spiro atoms. The Labute approximate surface area is 276 Å². The van der Waals surface area contributed by atoms with Crippen LogP contribution in [-0.2, 0) is 34.2 Å². The average molecular weight is 789 g/mol. The minimum atomic E-state index is -0.271. The van der Waals surface area contributed by atoms with Gasteiger partial charge in [-0.3, -0.25) is 15.3 Å². The Morgan fingerprint density at radius 1 is 0.696 bits per heavy atom. The Bertz CT molecular complexity index is 2060. The van der Waals surface area contributed by atoms with Crippen molar-refractivity contribution in [2.75, 3.05) is 0 Å². The number of pyridine rings is 1. The minimum absolute atomic E-state index is 0. The Hall–Kier alpha value is -5.45. The van der Waals surface area contributed by atoms with E-state index in [4.69, 9.17) is 0 Å². The standard InChI is InChI=1S/2C14H10FN2.C6H4N5.Ir/c2*1-16-10-17(12-6-4-5-11(15)9-12)14-8-3-2-7-13(14)16;1-2-4-7-5(3-1)6-8-10-11-9-6;/h2*2-5,7-9H,1H3;1-4H;/q3*-1;. The van der Waals surface area contributed by atoms with Gasteiger partial charge >= 0.3 is 0 Å². The van der Waals surface area contributed by atoms with Gasteiger partial charge in [0.25, 0.3) is 0 Å². The molecule has 4 heterocycles. The Balaban J connectivity index is 0.000000138. The number of hydrogen-bond donors (Lipinski definition) is 0. The predicted octanol–water partition coefficient (Wildman–Crippen LogP) is 4.28. The van der Waals surface area contributed by atoms with Gasteiger partial charge in [0, 0.05) is 37.9 Å². The van der Waals surface area contributed by atoms with Gasteiger partial charge in [0.05, 0.1) is 47.7 Å². The zero-order valence-corrected chi connectivity index (χ0v) is 26.9. The van der Waals surface area contributed by atoms with Crippen molar-refractivity contribution in [2.45, 2.75) is 0 Å². The van der Waals surface area contributed by atoms with Gasteiger partial charge in [0.15, 0.2) is 0 Å². The van der Waals surface area contributed by atoms with Crippen molar-refractivity contribution in [3.63, 3.8) is 0 Å². The van der Waals surface area contributed by atoms with Crippen LogP contribution < -0.4 is 14.2 Å². The predicted molar refractivity (Wildman–Crippen MR) is 161 cm³/mol. The molecule has 0 saturated carbocycles. The summed E-state index contributed by atoms with van der Waals surface area (Å²) in [6.45, 7) is 0. The Morgan fingerprint density at radius 2 is 1.22 bits per heavy atom. The van der Waals surface area contributed by atoms with Crippen molar-refractivity contribution < 1.29 is 38.0 Å². The topological polar surface area (TPSA) is 83.3 Å². The molecule has 0 unspecified atom stereocenters. The number of benzene rings is 4. The first-order valence-electron chi connectivity index (χ1n) is 13.7. The van der Waals surface area contributed by atoms with Crippen LogP contribution in [0.2, 0.25) is 0 Å². The summed E-state index contributed by atoms with van der Waals surface area (Å²) in [6.07, 6.45) is 7.94. The van der Waals surface area contributed by atoms with Crippen LogP contribution >= 0.6 is 0 Å². The van der Waals surface area contributed by atoms with Crippen LogP contribution in [0, 0.1) is 36.4 Å². The van der Waals surface area contributed by atoms with E-state index in [1.165, 1.54) is 24.3 Å². The van der Waals surface area contributed by atoms with Crippen LogP contribution in [0.5, 0.6) is 0 Å². The van der Waals surface area contributed by atoms with Gasteiger partial charge in [-0.1, -0.05) is 66.0 Å². The van der Waals surface area contributed by atoms with Crippen LogP contribution in [0.4, 0.5) is 8.78 Å². The molecule has 4 aromatic carbocycles. The van der Waals surface area contributed by atoms with E-state index in [0.717, 1.165) is 22.1 Å². The first kappa shape index (κ1) is 32.0. The summed E-state index contributed by atoms with van der Waals surface area (Å²) in [5.74, 6) is -0.0780. The van der Waals surface area contributed by atoms with Crippen molar-refractivity contribution in [2.24, 2.45) is 14.1 Å². The van der Waals surface area contributed by atoms with Gasteiger partial charge in [-0.15, -0.1) is 24.3 Å².